The summed E-state index contributed by atoms with van der Waals surface area (Å²) in [6.07, 6.45) is 0. The molecule has 0 aliphatic rings. The minimum atomic E-state index is -0.110. The summed E-state index contributed by atoms with van der Waals surface area (Å²) in [6.45, 7) is 6.11. The molecule has 4 N–H and O–H groups in total. The lowest BCUT2D eigenvalue weighted by Gasteiger charge is -2.12. The Morgan fingerprint density at radius 1 is 1.29 bits per heavy atom. The summed E-state index contributed by atoms with van der Waals surface area (Å²) in [5.74, 6) is 1.35. The summed E-state index contributed by atoms with van der Waals surface area (Å²) in [5.41, 5.74) is 6.68. The minimum Gasteiger partial charge on any atom is -0.507 e. The van der Waals surface area contributed by atoms with Crippen LogP contribution in [0.2, 0.25) is 0 Å². The standard InChI is InChI=1S/C12H16N4O/c1-12(2,3)11-14-10(15-16-11)8-6-7(13)4-5-9(8)17/h4-6,17H,13H2,1-3H3,(H,14,15,16). The molecule has 0 saturated carbocycles. The molecule has 1 aromatic carbocycles. The largest absolute Gasteiger partial charge is 0.507 e. The Balaban J connectivity index is 2.47. The number of nitrogens with one attached hydrogen (secondary N) is 1. The quantitative estimate of drug-likeness (QED) is 0.518. The number of nitrogens with zero attached hydrogens (tertiary/aromatic N) is 2. The van der Waals surface area contributed by atoms with Crippen LogP contribution in [-0.2, 0) is 5.41 Å². The van der Waals surface area contributed by atoms with Crippen LogP contribution in [0.1, 0.15) is 26.6 Å². The average Bonchev–Trinajstić information content (AvgIpc) is 2.70. The van der Waals surface area contributed by atoms with Gasteiger partial charge in [0.05, 0.1) is 5.56 Å². The highest BCUT2D eigenvalue weighted by Crippen LogP contribution is 2.29. The van der Waals surface area contributed by atoms with E-state index in [1.54, 1.807) is 12.1 Å². The van der Waals surface area contributed by atoms with Crippen LogP contribution in [0.15, 0.2) is 18.2 Å². The number of hydrogen-bond acceptors (Lipinski definition) is 4. The van der Waals surface area contributed by atoms with E-state index in [0.717, 1.165) is 5.82 Å². The van der Waals surface area contributed by atoms with E-state index in [-0.39, 0.29) is 11.2 Å². The van der Waals surface area contributed by atoms with Crippen molar-refractivity contribution in [3.05, 3.63) is 24.0 Å². The summed E-state index contributed by atoms with van der Waals surface area (Å²) < 4.78 is 0. The van der Waals surface area contributed by atoms with Crippen LogP contribution < -0.4 is 5.73 Å². The predicted octanol–water partition coefficient (Wildman–Crippen LogP) is 2.06. The molecule has 17 heavy (non-hydrogen) atoms. The number of benzene rings is 1. The van der Waals surface area contributed by atoms with Gasteiger partial charge in [-0.05, 0) is 18.2 Å². The summed E-state index contributed by atoms with van der Waals surface area (Å²) >= 11 is 0. The fourth-order valence-electron chi connectivity index (χ4n) is 1.45. The summed E-state index contributed by atoms with van der Waals surface area (Å²) in [4.78, 5) is 4.37. The van der Waals surface area contributed by atoms with Crippen molar-refractivity contribution in [3.63, 3.8) is 0 Å². The topological polar surface area (TPSA) is 87.8 Å². The molecule has 0 unspecified atom stereocenters. The Morgan fingerprint density at radius 2 is 2.00 bits per heavy atom. The molecule has 0 saturated heterocycles. The van der Waals surface area contributed by atoms with Crippen molar-refractivity contribution >= 4 is 5.69 Å². The fourth-order valence-corrected chi connectivity index (χ4v) is 1.45. The van der Waals surface area contributed by atoms with E-state index in [1.807, 2.05) is 20.8 Å². The lowest BCUT2D eigenvalue weighted by molar-refractivity contribution is 0.477. The highest BCUT2D eigenvalue weighted by atomic mass is 16.3. The van der Waals surface area contributed by atoms with Crippen LogP contribution in [0, 0.1) is 0 Å². The van der Waals surface area contributed by atoms with E-state index in [1.165, 1.54) is 6.07 Å². The number of phenols is 1. The van der Waals surface area contributed by atoms with Gasteiger partial charge in [0.15, 0.2) is 5.82 Å². The Morgan fingerprint density at radius 3 is 2.59 bits per heavy atom. The Bertz CT molecular complexity index is 540. The second kappa shape index (κ2) is 3.76. The van der Waals surface area contributed by atoms with E-state index in [2.05, 4.69) is 15.2 Å². The molecular weight excluding hydrogens is 216 g/mol. The molecule has 90 valence electrons. The molecule has 1 heterocycles. The first-order valence-electron chi connectivity index (χ1n) is 5.39. The van der Waals surface area contributed by atoms with Gasteiger partial charge in [-0.25, -0.2) is 4.98 Å². The third kappa shape index (κ3) is 2.22. The maximum absolute atomic E-state index is 9.75. The minimum absolute atomic E-state index is 0.110. The zero-order valence-electron chi connectivity index (χ0n) is 10.2. The summed E-state index contributed by atoms with van der Waals surface area (Å²) in [7, 11) is 0. The third-order valence-corrected chi connectivity index (χ3v) is 2.46. The molecular formula is C12H16N4O. The number of anilines is 1. The summed E-state index contributed by atoms with van der Waals surface area (Å²) in [6, 6.07) is 4.83. The molecule has 0 bridgehead atoms. The normalized spacial score (nSPS) is 11.7. The smallest absolute Gasteiger partial charge is 0.184 e. The molecule has 0 spiro atoms. The van der Waals surface area contributed by atoms with Gasteiger partial charge in [-0.3, -0.25) is 5.10 Å². The fraction of sp³-hybridized carbons (Fsp3) is 0.333. The van der Waals surface area contributed by atoms with Crippen molar-refractivity contribution in [3.8, 4) is 17.1 Å². The molecule has 2 aromatic rings. The monoisotopic (exact) mass is 232 g/mol. The van der Waals surface area contributed by atoms with Crippen molar-refractivity contribution in [1.29, 1.82) is 0 Å². The van der Waals surface area contributed by atoms with Crippen LogP contribution in [0.25, 0.3) is 11.4 Å². The number of H-pyrrole nitrogens is 1. The first-order chi connectivity index (χ1) is 7.88. The molecule has 5 nitrogen and oxygen atoms in total. The molecule has 0 amide bonds. The Hall–Kier alpha value is -2.04. The van der Waals surface area contributed by atoms with Crippen molar-refractivity contribution in [2.45, 2.75) is 26.2 Å². The number of nitrogen functional groups attached to an aromatic ring is 1. The van der Waals surface area contributed by atoms with Gasteiger partial charge in [0.25, 0.3) is 0 Å². The first-order valence-corrected chi connectivity index (χ1v) is 5.39. The molecule has 5 heteroatoms. The van der Waals surface area contributed by atoms with E-state index < -0.39 is 0 Å². The molecule has 0 aliphatic heterocycles. The van der Waals surface area contributed by atoms with Gasteiger partial charge in [0.2, 0.25) is 0 Å². The van der Waals surface area contributed by atoms with Crippen molar-refractivity contribution in [2.75, 3.05) is 5.73 Å². The highest BCUT2D eigenvalue weighted by Gasteiger charge is 2.20. The second-order valence-corrected chi connectivity index (χ2v) is 5.03. The number of rotatable bonds is 1. The molecule has 0 radical (unpaired) electrons. The molecule has 2 rings (SSSR count). The second-order valence-electron chi connectivity index (χ2n) is 5.03. The van der Waals surface area contributed by atoms with Gasteiger partial charge < -0.3 is 10.8 Å². The summed E-state index contributed by atoms with van der Waals surface area (Å²) in [5, 5.41) is 16.7. The van der Waals surface area contributed by atoms with Crippen LogP contribution >= 0.6 is 0 Å². The van der Waals surface area contributed by atoms with Crippen LogP contribution in [0.3, 0.4) is 0 Å². The lowest BCUT2D eigenvalue weighted by Crippen LogP contribution is -2.13. The Labute approximate surface area is 99.7 Å². The first kappa shape index (κ1) is 11.4. The maximum Gasteiger partial charge on any atom is 0.184 e. The number of aromatic nitrogens is 3. The van der Waals surface area contributed by atoms with E-state index in [9.17, 15) is 5.11 Å². The SMILES string of the molecule is CC(C)(C)c1nc(-c2cc(N)ccc2O)n[nH]1. The van der Waals surface area contributed by atoms with E-state index in [0.29, 0.717) is 17.1 Å². The number of phenolic OH excluding ortho intramolecular Hbond substituents is 1. The van der Waals surface area contributed by atoms with Gasteiger partial charge in [-0.1, -0.05) is 20.8 Å². The van der Waals surface area contributed by atoms with Gasteiger partial charge >= 0.3 is 0 Å². The molecule has 0 aliphatic carbocycles. The molecule has 0 fully saturated rings. The molecule has 1 aromatic heterocycles. The molecule has 0 atom stereocenters. The average molecular weight is 232 g/mol. The van der Waals surface area contributed by atoms with Crippen LogP contribution in [0.4, 0.5) is 5.69 Å². The van der Waals surface area contributed by atoms with Crippen LogP contribution in [0.5, 0.6) is 5.75 Å². The van der Waals surface area contributed by atoms with Gasteiger partial charge in [-0.2, -0.15) is 5.10 Å². The maximum atomic E-state index is 9.75. The van der Waals surface area contributed by atoms with E-state index in [4.69, 9.17) is 5.73 Å². The zero-order valence-corrected chi connectivity index (χ0v) is 10.2. The van der Waals surface area contributed by atoms with Crippen LogP contribution in [-0.4, -0.2) is 20.3 Å². The number of hydrogen-bond donors (Lipinski definition) is 3. The van der Waals surface area contributed by atoms with Gasteiger partial charge in [0, 0.05) is 11.1 Å². The Kier molecular flexibility index (Phi) is 2.53. The van der Waals surface area contributed by atoms with Gasteiger partial charge in [0.1, 0.15) is 11.6 Å². The van der Waals surface area contributed by atoms with Gasteiger partial charge in [-0.15, -0.1) is 0 Å². The van der Waals surface area contributed by atoms with Crippen molar-refractivity contribution < 1.29 is 5.11 Å². The number of aromatic amines is 1. The predicted molar refractivity (Wildman–Crippen MR) is 66.6 cm³/mol. The van der Waals surface area contributed by atoms with Crippen molar-refractivity contribution in [2.24, 2.45) is 0 Å². The third-order valence-electron chi connectivity index (χ3n) is 2.46. The lowest BCUT2D eigenvalue weighted by atomic mass is 9.96. The number of aromatic hydroxyl groups is 1. The highest BCUT2D eigenvalue weighted by molar-refractivity contribution is 5.68. The van der Waals surface area contributed by atoms with Crippen molar-refractivity contribution in [1.82, 2.24) is 15.2 Å². The zero-order chi connectivity index (χ0) is 12.6. The number of nitrogens with two attached hydrogens (primary N) is 1. The van der Waals surface area contributed by atoms with E-state index >= 15 is 0 Å².